The van der Waals surface area contributed by atoms with E-state index in [0.717, 1.165) is 48.3 Å². The Morgan fingerprint density at radius 2 is 1.82 bits per heavy atom. The molecule has 0 atom stereocenters. The van der Waals surface area contributed by atoms with E-state index in [4.69, 9.17) is 21.7 Å². The van der Waals surface area contributed by atoms with Crippen LogP contribution in [0.5, 0.6) is 11.5 Å². The van der Waals surface area contributed by atoms with Crippen LogP contribution in [-0.4, -0.2) is 48.4 Å². The van der Waals surface area contributed by atoms with E-state index in [1.54, 1.807) is 12.3 Å². The molecule has 0 saturated carbocycles. The number of para-hydroxylation sites is 1. The average Bonchev–Trinajstić information content (AvgIpc) is 2.81. The minimum Gasteiger partial charge on any atom is -0.490 e. The molecule has 0 radical (unpaired) electrons. The van der Waals surface area contributed by atoms with Crippen molar-refractivity contribution < 1.29 is 14.3 Å². The molecule has 176 valence electrons. The van der Waals surface area contributed by atoms with Crippen molar-refractivity contribution in [1.82, 2.24) is 10.3 Å². The number of aryl methyl sites for hydroxylation is 2. The van der Waals surface area contributed by atoms with Gasteiger partial charge in [0.2, 0.25) is 0 Å². The van der Waals surface area contributed by atoms with Crippen LogP contribution < -0.4 is 20.2 Å². The number of nitrogens with zero attached hydrogens (tertiary/aromatic N) is 2. The molecule has 3 rings (SSSR count). The maximum absolute atomic E-state index is 12.4. The summed E-state index contributed by atoms with van der Waals surface area (Å²) in [6.07, 6.45) is 4.95. The van der Waals surface area contributed by atoms with Gasteiger partial charge in [0, 0.05) is 18.8 Å². The number of thiocarbonyl (C=S) groups is 1. The summed E-state index contributed by atoms with van der Waals surface area (Å²) in [6.45, 7) is 8.07. The summed E-state index contributed by atoms with van der Waals surface area (Å²) in [5.41, 5.74) is 6.86. The Morgan fingerprint density at radius 1 is 1.09 bits per heavy atom. The first-order valence-electron chi connectivity index (χ1n) is 11.3. The zero-order valence-corrected chi connectivity index (χ0v) is 20.3. The van der Waals surface area contributed by atoms with Crippen LogP contribution in [-0.2, 0) is 4.79 Å². The van der Waals surface area contributed by atoms with Gasteiger partial charge in [0.15, 0.2) is 23.2 Å². The molecule has 2 aromatic carbocycles. The Bertz CT molecular complexity index is 983. The Balaban J connectivity index is 1.58. The van der Waals surface area contributed by atoms with E-state index in [0.29, 0.717) is 23.2 Å². The molecular weight excluding hydrogens is 436 g/mol. The van der Waals surface area contributed by atoms with Crippen molar-refractivity contribution >= 4 is 35.1 Å². The third-order valence-electron chi connectivity index (χ3n) is 5.43. The number of nitrogens with one attached hydrogen (secondary N) is 2. The fourth-order valence-corrected chi connectivity index (χ4v) is 3.84. The van der Waals surface area contributed by atoms with Crippen LogP contribution in [0.3, 0.4) is 0 Å². The first-order valence-corrected chi connectivity index (χ1v) is 11.7. The van der Waals surface area contributed by atoms with Gasteiger partial charge in [-0.15, -0.1) is 0 Å². The number of carbonyl (C=O) groups excluding carboxylic acids is 1. The van der Waals surface area contributed by atoms with Crippen molar-refractivity contribution in [3.63, 3.8) is 0 Å². The topological polar surface area (TPSA) is 75.2 Å². The number of benzene rings is 2. The van der Waals surface area contributed by atoms with Crippen LogP contribution in [0.2, 0.25) is 0 Å². The van der Waals surface area contributed by atoms with Crippen molar-refractivity contribution in [3.8, 4) is 11.5 Å². The summed E-state index contributed by atoms with van der Waals surface area (Å²) < 4.78 is 11.5. The van der Waals surface area contributed by atoms with Gasteiger partial charge in [0.25, 0.3) is 5.91 Å². The Labute approximate surface area is 201 Å². The second-order valence-electron chi connectivity index (χ2n) is 7.96. The summed E-state index contributed by atoms with van der Waals surface area (Å²) in [6, 6.07) is 11.6. The third-order valence-corrected chi connectivity index (χ3v) is 5.62. The minimum absolute atomic E-state index is 0.00727. The summed E-state index contributed by atoms with van der Waals surface area (Å²) in [4.78, 5) is 14.3. The lowest BCUT2D eigenvalue weighted by molar-refractivity contribution is -0.134. The van der Waals surface area contributed by atoms with Gasteiger partial charge in [-0.2, -0.15) is 5.10 Å². The highest BCUT2D eigenvalue weighted by Gasteiger charge is 2.17. The Morgan fingerprint density at radius 3 is 2.52 bits per heavy atom. The normalized spacial score (nSPS) is 13.6. The Hall–Kier alpha value is -3.13. The second-order valence-corrected chi connectivity index (χ2v) is 8.37. The molecule has 1 aliphatic heterocycles. The van der Waals surface area contributed by atoms with Crippen LogP contribution in [0.25, 0.3) is 0 Å². The largest absolute Gasteiger partial charge is 0.490 e. The highest BCUT2D eigenvalue weighted by molar-refractivity contribution is 7.80. The minimum atomic E-state index is 0.00727. The Kier molecular flexibility index (Phi) is 9.06. The van der Waals surface area contributed by atoms with Crippen molar-refractivity contribution in [2.45, 2.75) is 40.0 Å². The van der Waals surface area contributed by atoms with Gasteiger partial charge < -0.3 is 19.7 Å². The van der Waals surface area contributed by atoms with E-state index >= 15 is 0 Å². The first-order chi connectivity index (χ1) is 16.0. The maximum atomic E-state index is 12.4. The number of piperidine rings is 1. The first kappa shape index (κ1) is 24.5. The lowest BCUT2D eigenvalue weighted by atomic mass is 10.1. The molecule has 1 heterocycles. The molecule has 1 fully saturated rings. The molecule has 1 aliphatic rings. The van der Waals surface area contributed by atoms with Gasteiger partial charge >= 0.3 is 0 Å². The van der Waals surface area contributed by atoms with Crippen LogP contribution >= 0.6 is 12.2 Å². The van der Waals surface area contributed by atoms with Crippen LogP contribution in [0.1, 0.15) is 42.9 Å². The fraction of sp³-hybridized carbons (Fsp3) is 0.400. The summed E-state index contributed by atoms with van der Waals surface area (Å²) in [7, 11) is 0. The monoisotopic (exact) mass is 468 g/mol. The number of hydrogen-bond donors (Lipinski definition) is 2. The molecule has 0 spiro atoms. The van der Waals surface area contributed by atoms with E-state index in [1.165, 1.54) is 6.42 Å². The number of hydrogen-bond acceptors (Lipinski definition) is 5. The quantitative estimate of drug-likeness (QED) is 0.340. The SMILES string of the molecule is CCOc1cc(C=NNC(=S)Nc2c(C)cccc2C)ccc1OCC(=O)N1CCCCC1. The maximum Gasteiger partial charge on any atom is 0.260 e. The molecule has 0 bridgehead atoms. The van der Waals surface area contributed by atoms with E-state index in [2.05, 4.69) is 15.8 Å². The number of likely N-dealkylation sites (tertiary alicyclic amines) is 1. The van der Waals surface area contributed by atoms with E-state index in [1.807, 2.05) is 56.0 Å². The summed E-state index contributed by atoms with van der Waals surface area (Å²) in [5.74, 6) is 1.13. The van der Waals surface area contributed by atoms with E-state index in [-0.39, 0.29) is 12.5 Å². The molecule has 8 heteroatoms. The third kappa shape index (κ3) is 7.18. The lowest BCUT2D eigenvalue weighted by Crippen LogP contribution is -2.38. The molecule has 7 nitrogen and oxygen atoms in total. The van der Waals surface area contributed by atoms with Crippen LogP contribution in [0.15, 0.2) is 41.5 Å². The lowest BCUT2D eigenvalue weighted by Gasteiger charge is -2.26. The number of hydrazone groups is 1. The molecule has 2 aromatic rings. The van der Waals surface area contributed by atoms with Crippen LogP contribution in [0, 0.1) is 13.8 Å². The van der Waals surface area contributed by atoms with Gasteiger partial charge in [-0.25, -0.2) is 0 Å². The van der Waals surface area contributed by atoms with Crippen molar-refractivity contribution in [2.24, 2.45) is 5.10 Å². The summed E-state index contributed by atoms with van der Waals surface area (Å²) in [5, 5.41) is 7.82. The molecule has 1 amide bonds. The fourth-order valence-electron chi connectivity index (χ4n) is 3.69. The zero-order valence-electron chi connectivity index (χ0n) is 19.5. The number of anilines is 1. The van der Waals surface area contributed by atoms with Gasteiger partial charge in [-0.05, 0) is 87.1 Å². The van der Waals surface area contributed by atoms with Crippen molar-refractivity contribution in [3.05, 3.63) is 53.1 Å². The average molecular weight is 469 g/mol. The number of amides is 1. The number of carbonyl (C=O) groups is 1. The standard InChI is InChI=1S/C25H32N4O3S/c1-4-31-22-15-20(11-12-21(22)32-17-23(30)29-13-6-5-7-14-29)16-26-28-25(33)27-24-18(2)9-8-10-19(24)3/h8-12,15-16H,4-7,13-14,17H2,1-3H3,(H2,27,28,33). The van der Waals surface area contributed by atoms with E-state index in [9.17, 15) is 4.79 Å². The molecule has 0 unspecified atom stereocenters. The highest BCUT2D eigenvalue weighted by Crippen LogP contribution is 2.28. The predicted molar refractivity (Wildman–Crippen MR) is 136 cm³/mol. The van der Waals surface area contributed by atoms with Gasteiger partial charge in [0.05, 0.1) is 12.8 Å². The summed E-state index contributed by atoms with van der Waals surface area (Å²) >= 11 is 5.35. The molecule has 2 N–H and O–H groups in total. The number of rotatable bonds is 8. The molecule has 0 aromatic heterocycles. The van der Waals surface area contributed by atoms with Crippen LogP contribution in [0.4, 0.5) is 5.69 Å². The smallest absolute Gasteiger partial charge is 0.260 e. The van der Waals surface area contributed by atoms with Gasteiger partial charge in [-0.1, -0.05) is 18.2 Å². The molecule has 33 heavy (non-hydrogen) atoms. The van der Waals surface area contributed by atoms with Crippen molar-refractivity contribution in [2.75, 3.05) is 31.6 Å². The predicted octanol–water partition coefficient (Wildman–Crippen LogP) is 4.41. The second kappa shape index (κ2) is 12.2. The van der Waals surface area contributed by atoms with Gasteiger partial charge in [0.1, 0.15) is 0 Å². The van der Waals surface area contributed by atoms with E-state index < -0.39 is 0 Å². The molecular formula is C25H32N4O3S. The number of ether oxygens (including phenoxy) is 2. The van der Waals surface area contributed by atoms with Crippen molar-refractivity contribution in [1.29, 1.82) is 0 Å². The molecule has 0 aliphatic carbocycles. The molecule has 1 saturated heterocycles. The zero-order chi connectivity index (χ0) is 23.6. The van der Waals surface area contributed by atoms with Gasteiger partial charge in [-0.3, -0.25) is 10.2 Å². The highest BCUT2D eigenvalue weighted by atomic mass is 32.1.